The number of amides is 2. The summed E-state index contributed by atoms with van der Waals surface area (Å²) < 4.78 is 27.4. The molecule has 0 aliphatic heterocycles. The minimum absolute atomic E-state index is 0.103. The molecule has 0 radical (unpaired) electrons. The van der Waals surface area contributed by atoms with Crippen LogP contribution in [0.4, 0.5) is 19.3 Å². The van der Waals surface area contributed by atoms with Crippen molar-refractivity contribution in [2.75, 3.05) is 5.32 Å². The number of nitrogens with one attached hydrogen (secondary N) is 2. The van der Waals surface area contributed by atoms with Crippen LogP contribution in [0.25, 0.3) is 0 Å². The zero-order valence-corrected chi connectivity index (χ0v) is 12.4. The summed E-state index contributed by atoms with van der Waals surface area (Å²) in [5, 5.41) is 13.3. The summed E-state index contributed by atoms with van der Waals surface area (Å²) in [5.41, 5.74) is -0.569. The lowest BCUT2D eigenvalue weighted by molar-refractivity contribution is -0.137. The van der Waals surface area contributed by atoms with Crippen molar-refractivity contribution >= 4 is 33.6 Å². The summed E-state index contributed by atoms with van der Waals surface area (Å²) in [5.74, 6) is -2.77. The Morgan fingerprint density at radius 3 is 2.38 bits per heavy atom. The molecule has 3 N–H and O–H groups in total. The smallest absolute Gasteiger partial charge is 0.319 e. The number of benzene rings is 1. The second-order valence-corrected chi connectivity index (χ2v) is 5.80. The lowest BCUT2D eigenvalue weighted by Gasteiger charge is -2.17. The van der Waals surface area contributed by atoms with Crippen molar-refractivity contribution < 1.29 is 23.5 Å². The number of hydrogen-bond donors (Lipinski definition) is 3. The van der Waals surface area contributed by atoms with Crippen LogP contribution < -0.4 is 10.6 Å². The predicted octanol–water partition coefficient (Wildman–Crippen LogP) is 3.10. The molecule has 0 saturated heterocycles. The molecule has 0 bridgehead atoms. The molecule has 1 aliphatic rings. The zero-order chi connectivity index (χ0) is 15.6. The van der Waals surface area contributed by atoms with Gasteiger partial charge in [-0.3, -0.25) is 4.79 Å². The van der Waals surface area contributed by atoms with Gasteiger partial charge in [0.25, 0.3) is 0 Å². The van der Waals surface area contributed by atoms with Crippen LogP contribution in [0.3, 0.4) is 0 Å². The molecule has 1 fully saturated rings. The van der Waals surface area contributed by atoms with Crippen molar-refractivity contribution in [1.82, 2.24) is 5.32 Å². The molecule has 0 spiro atoms. The van der Waals surface area contributed by atoms with Crippen molar-refractivity contribution in [3.05, 3.63) is 28.2 Å². The fourth-order valence-electron chi connectivity index (χ4n) is 2.00. The standard InChI is InChI=1S/C13H13BrF2N2O3/c14-7-3-8(15)12(9(16)4-7)18-13(21)17-10(5-11(19)20)6-1-2-6/h3-4,6,10H,1-2,5H2,(H,19,20)(H2,17,18,21). The van der Waals surface area contributed by atoms with Gasteiger partial charge < -0.3 is 15.7 Å². The van der Waals surface area contributed by atoms with Gasteiger partial charge >= 0.3 is 12.0 Å². The maximum absolute atomic E-state index is 13.6. The molecule has 1 aliphatic carbocycles. The zero-order valence-electron chi connectivity index (χ0n) is 10.8. The van der Waals surface area contributed by atoms with E-state index in [4.69, 9.17) is 5.11 Å². The van der Waals surface area contributed by atoms with E-state index in [2.05, 4.69) is 26.6 Å². The lowest BCUT2D eigenvalue weighted by atomic mass is 10.1. The number of hydrogen-bond acceptors (Lipinski definition) is 2. The van der Waals surface area contributed by atoms with Crippen LogP contribution in [0.2, 0.25) is 0 Å². The van der Waals surface area contributed by atoms with Gasteiger partial charge in [-0.1, -0.05) is 15.9 Å². The number of carboxylic acid groups (broad SMARTS) is 1. The first kappa shape index (κ1) is 15.7. The number of carboxylic acids is 1. The maximum Gasteiger partial charge on any atom is 0.319 e. The summed E-state index contributed by atoms with van der Waals surface area (Å²) in [6.07, 6.45) is 1.45. The molecule has 2 amide bonds. The summed E-state index contributed by atoms with van der Waals surface area (Å²) >= 11 is 2.93. The van der Waals surface area contributed by atoms with Crippen LogP contribution in [0.15, 0.2) is 16.6 Å². The van der Waals surface area contributed by atoms with E-state index in [0.29, 0.717) is 0 Å². The van der Waals surface area contributed by atoms with E-state index in [-0.39, 0.29) is 16.8 Å². The molecule has 1 atom stereocenters. The first-order valence-electron chi connectivity index (χ1n) is 6.30. The van der Waals surface area contributed by atoms with E-state index in [0.717, 1.165) is 25.0 Å². The maximum atomic E-state index is 13.6. The third-order valence-corrected chi connectivity index (χ3v) is 3.61. The molecule has 21 heavy (non-hydrogen) atoms. The largest absolute Gasteiger partial charge is 0.481 e. The molecule has 5 nitrogen and oxygen atoms in total. The van der Waals surface area contributed by atoms with Crippen molar-refractivity contribution in [3.63, 3.8) is 0 Å². The van der Waals surface area contributed by atoms with E-state index >= 15 is 0 Å². The van der Waals surface area contributed by atoms with Crippen molar-refractivity contribution in [1.29, 1.82) is 0 Å². The van der Waals surface area contributed by atoms with Crippen LogP contribution in [-0.4, -0.2) is 23.1 Å². The number of urea groups is 1. The van der Waals surface area contributed by atoms with Gasteiger partial charge in [0, 0.05) is 10.5 Å². The average molecular weight is 363 g/mol. The minimum atomic E-state index is -1.03. The van der Waals surface area contributed by atoms with Gasteiger partial charge in [-0.15, -0.1) is 0 Å². The van der Waals surface area contributed by atoms with Gasteiger partial charge in [0.15, 0.2) is 11.6 Å². The molecule has 0 heterocycles. The van der Waals surface area contributed by atoms with Crippen molar-refractivity contribution in [2.45, 2.75) is 25.3 Å². The second kappa shape index (κ2) is 6.38. The average Bonchev–Trinajstić information content (AvgIpc) is 3.16. The summed E-state index contributed by atoms with van der Waals surface area (Å²) in [4.78, 5) is 22.5. The predicted molar refractivity (Wildman–Crippen MR) is 75.0 cm³/mol. The van der Waals surface area contributed by atoms with Gasteiger partial charge in [-0.2, -0.15) is 0 Å². The number of anilines is 1. The highest BCUT2D eigenvalue weighted by Crippen LogP contribution is 2.34. The van der Waals surface area contributed by atoms with Crippen LogP contribution in [0.5, 0.6) is 0 Å². The Morgan fingerprint density at radius 2 is 1.90 bits per heavy atom. The molecule has 114 valence electrons. The number of halogens is 3. The highest BCUT2D eigenvalue weighted by atomic mass is 79.9. The van der Waals surface area contributed by atoms with E-state index in [1.54, 1.807) is 0 Å². The number of rotatable bonds is 5. The Kier molecular flexibility index (Phi) is 4.76. The Labute approximate surface area is 127 Å². The van der Waals surface area contributed by atoms with E-state index in [9.17, 15) is 18.4 Å². The normalized spacial score (nSPS) is 15.4. The first-order chi connectivity index (χ1) is 9.86. The van der Waals surface area contributed by atoms with E-state index < -0.39 is 35.4 Å². The fourth-order valence-corrected chi connectivity index (χ4v) is 2.40. The molecule has 1 aromatic rings. The third kappa shape index (κ3) is 4.38. The van der Waals surface area contributed by atoms with Crippen molar-refractivity contribution in [3.8, 4) is 0 Å². The summed E-state index contributed by atoms with van der Waals surface area (Å²) in [6.45, 7) is 0. The van der Waals surface area contributed by atoms with Crippen LogP contribution in [0.1, 0.15) is 19.3 Å². The number of aliphatic carboxylic acids is 1. The van der Waals surface area contributed by atoms with E-state index in [1.165, 1.54) is 0 Å². The summed E-state index contributed by atoms with van der Waals surface area (Å²) in [6, 6.07) is 0.681. The molecule has 1 aromatic carbocycles. The molecule has 2 rings (SSSR count). The molecule has 0 aromatic heterocycles. The number of carbonyl (C=O) groups excluding carboxylic acids is 1. The Balaban J connectivity index is 2.02. The van der Waals surface area contributed by atoms with Gasteiger partial charge in [0.1, 0.15) is 5.69 Å². The van der Waals surface area contributed by atoms with Crippen LogP contribution in [-0.2, 0) is 4.79 Å². The highest BCUT2D eigenvalue weighted by molar-refractivity contribution is 9.10. The van der Waals surface area contributed by atoms with Gasteiger partial charge in [-0.25, -0.2) is 13.6 Å². The Hall–Kier alpha value is -1.70. The lowest BCUT2D eigenvalue weighted by Crippen LogP contribution is -2.41. The quantitative estimate of drug-likeness (QED) is 0.752. The molecule has 8 heteroatoms. The minimum Gasteiger partial charge on any atom is -0.481 e. The fraction of sp³-hybridized carbons (Fsp3) is 0.385. The van der Waals surface area contributed by atoms with E-state index in [1.807, 2.05) is 0 Å². The third-order valence-electron chi connectivity index (χ3n) is 3.15. The molecule has 1 saturated carbocycles. The topological polar surface area (TPSA) is 78.4 Å². The van der Waals surface area contributed by atoms with Crippen molar-refractivity contribution in [2.24, 2.45) is 5.92 Å². The molecular formula is C13H13BrF2N2O3. The van der Waals surface area contributed by atoms with Crippen LogP contribution in [0, 0.1) is 17.6 Å². The van der Waals surface area contributed by atoms with Gasteiger partial charge in [-0.05, 0) is 30.9 Å². The Morgan fingerprint density at radius 1 is 1.33 bits per heavy atom. The Bertz CT molecular complexity index is 556. The van der Waals surface area contributed by atoms with Crippen LogP contribution >= 0.6 is 15.9 Å². The highest BCUT2D eigenvalue weighted by Gasteiger charge is 2.34. The van der Waals surface area contributed by atoms with Gasteiger partial charge in [0.2, 0.25) is 0 Å². The SMILES string of the molecule is O=C(O)CC(NC(=O)Nc1c(F)cc(Br)cc1F)C1CC1. The monoisotopic (exact) mass is 362 g/mol. The molecule has 1 unspecified atom stereocenters. The summed E-state index contributed by atoms with van der Waals surface area (Å²) in [7, 11) is 0. The van der Waals surface area contributed by atoms with Gasteiger partial charge in [0.05, 0.1) is 6.42 Å². The second-order valence-electron chi connectivity index (χ2n) is 4.88. The first-order valence-corrected chi connectivity index (χ1v) is 7.10. The number of carbonyl (C=O) groups is 2. The molecular weight excluding hydrogens is 350 g/mol.